The molecular weight excluding hydrogens is 479 g/mol. The molecule has 6 nitrogen and oxygen atoms in total. The molecule has 0 unspecified atom stereocenters. The Morgan fingerprint density at radius 1 is 1.24 bits per heavy atom. The van der Waals surface area contributed by atoms with E-state index in [1.807, 2.05) is 19.3 Å². The van der Waals surface area contributed by atoms with Gasteiger partial charge >= 0.3 is 0 Å². The van der Waals surface area contributed by atoms with E-state index in [2.05, 4.69) is 33.6 Å². The van der Waals surface area contributed by atoms with Crippen LogP contribution in [-0.2, 0) is 11.3 Å². The first-order valence-corrected chi connectivity index (χ1v) is 10.8. The van der Waals surface area contributed by atoms with Crippen molar-refractivity contribution < 1.29 is 9.47 Å². The third-order valence-corrected chi connectivity index (χ3v) is 5.92. The highest BCUT2D eigenvalue weighted by molar-refractivity contribution is 14.0. The summed E-state index contributed by atoms with van der Waals surface area (Å²) in [5.41, 5.74) is 1.46. The summed E-state index contributed by atoms with van der Waals surface area (Å²) in [5, 5.41) is 6.94. The van der Waals surface area contributed by atoms with Crippen molar-refractivity contribution >= 4 is 29.9 Å². The highest BCUT2D eigenvalue weighted by atomic mass is 127. The van der Waals surface area contributed by atoms with E-state index in [4.69, 9.17) is 9.47 Å². The predicted molar refractivity (Wildman–Crippen MR) is 128 cm³/mol. The van der Waals surface area contributed by atoms with Crippen LogP contribution >= 0.6 is 24.0 Å². The summed E-state index contributed by atoms with van der Waals surface area (Å²) in [7, 11) is 1.82. The first-order chi connectivity index (χ1) is 13.7. The van der Waals surface area contributed by atoms with Crippen LogP contribution in [0.1, 0.15) is 57.4 Å². The summed E-state index contributed by atoms with van der Waals surface area (Å²) in [5.74, 6) is 2.31. The lowest BCUT2D eigenvalue weighted by Crippen LogP contribution is -2.43. The zero-order chi connectivity index (χ0) is 19.7. The summed E-state index contributed by atoms with van der Waals surface area (Å²) in [6.45, 7) is 6.15. The second-order valence-electron chi connectivity index (χ2n) is 8.19. The Balaban J connectivity index is 0.00000300. The number of nitrogens with zero attached hydrogens (tertiary/aromatic N) is 2. The third-order valence-electron chi connectivity index (χ3n) is 5.92. The van der Waals surface area contributed by atoms with Crippen LogP contribution in [0.2, 0.25) is 0 Å². The maximum absolute atomic E-state index is 5.70. The molecular formula is C22H37IN4O2. The number of pyridine rings is 1. The Kier molecular flexibility index (Phi) is 10.5. The van der Waals surface area contributed by atoms with Gasteiger partial charge in [0.05, 0.1) is 6.61 Å². The average molecular weight is 516 g/mol. The van der Waals surface area contributed by atoms with Crippen LogP contribution in [0, 0.1) is 11.3 Å². The lowest BCUT2D eigenvalue weighted by atomic mass is 9.83. The SMILES string of the molecule is CCOCCC1(CNC(=NC)NCc2ccc(OCC3CC3)nc2)CCCC1.I. The monoisotopic (exact) mass is 516 g/mol. The summed E-state index contributed by atoms with van der Waals surface area (Å²) in [6.07, 6.45) is 10.8. The van der Waals surface area contributed by atoms with Crippen molar-refractivity contribution in [3.05, 3.63) is 23.9 Å². The molecule has 0 spiro atoms. The van der Waals surface area contributed by atoms with Gasteiger partial charge in [0.25, 0.3) is 0 Å². The van der Waals surface area contributed by atoms with Crippen molar-refractivity contribution in [1.82, 2.24) is 15.6 Å². The number of rotatable bonds is 11. The molecule has 0 aliphatic heterocycles. The zero-order valence-electron chi connectivity index (χ0n) is 17.9. The van der Waals surface area contributed by atoms with E-state index in [0.717, 1.165) is 56.1 Å². The Bertz CT molecular complexity index is 614. The molecule has 2 N–H and O–H groups in total. The molecule has 0 radical (unpaired) electrons. The topological polar surface area (TPSA) is 67.8 Å². The fraction of sp³-hybridized carbons (Fsp3) is 0.727. The van der Waals surface area contributed by atoms with Crippen molar-refractivity contribution in [2.75, 3.05) is 33.4 Å². The molecule has 2 fully saturated rings. The molecule has 0 bridgehead atoms. The summed E-state index contributed by atoms with van der Waals surface area (Å²) in [4.78, 5) is 8.79. The van der Waals surface area contributed by atoms with Gasteiger partial charge in [-0.2, -0.15) is 0 Å². The van der Waals surface area contributed by atoms with Crippen molar-refractivity contribution in [2.45, 2.75) is 58.4 Å². The minimum atomic E-state index is 0. The summed E-state index contributed by atoms with van der Waals surface area (Å²) in [6, 6.07) is 4.02. The van der Waals surface area contributed by atoms with Crippen molar-refractivity contribution in [3.8, 4) is 5.88 Å². The maximum atomic E-state index is 5.70. The van der Waals surface area contributed by atoms with Crippen LogP contribution in [0.25, 0.3) is 0 Å². The van der Waals surface area contributed by atoms with Crippen LogP contribution < -0.4 is 15.4 Å². The van der Waals surface area contributed by atoms with Gasteiger partial charge in [0.2, 0.25) is 5.88 Å². The quantitative estimate of drug-likeness (QED) is 0.200. The number of aliphatic imine (C=N–C) groups is 1. The van der Waals surface area contributed by atoms with Gasteiger partial charge in [0.15, 0.2) is 5.96 Å². The first-order valence-electron chi connectivity index (χ1n) is 10.8. The molecule has 0 amide bonds. The summed E-state index contributed by atoms with van der Waals surface area (Å²) < 4.78 is 11.3. The van der Waals surface area contributed by atoms with E-state index in [1.165, 1.54) is 38.5 Å². The molecule has 0 saturated heterocycles. The van der Waals surface area contributed by atoms with E-state index in [-0.39, 0.29) is 24.0 Å². The van der Waals surface area contributed by atoms with E-state index in [9.17, 15) is 0 Å². The minimum absolute atomic E-state index is 0. The summed E-state index contributed by atoms with van der Waals surface area (Å²) >= 11 is 0. The molecule has 2 aliphatic rings. The van der Waals surface area contributed by atoms with Gasteiger partial charge < -0.3 is 20.1 Å². The number of nitrogens with one attached hydrogen (secondary N) is 2. The van der Waals surface area contributed by atoms with Crippen molar-refractivity contribution in [2.24, 2.45) is 16.3 Å². The molecule has 1 heterocycles. The van der Waals surface area contributed by atoms with E-state index >= 15 is 0 Å². The molecule has 1 aromatic heterocycles. The number of ether oxygens (including phenoxy) is 2. The molecule has 29 heavy (non-hydrogen) atoms. The second kappa shape index (κ2) is 12.6. The third kappa shape index (κ3) is 8.28. The van der Waals surface area contributed by atoms with E-state index in [0.29, 0.717) is 12.0 Å². The van der Waals surface area contributed by atoms with Gasteiger partial charge in [-0.3, -0.25) is 4.99 Å². The second-order valence-corrected chi connectivity index (χ2v) is 8.19. The lowest BCUT2D eigenvalue weighted by Gasteiger charge is -2.30. The Morgan fingerprint density at radius 2 is 2.03 bits per heavy atom. The molecule has 2 saturated carbocycles. The van der Waals surface area contributed by atoms with Crippen LogP contribution in [0.5, 0.6) is 5.88 Å². The van der Waals surface area contributed by atoms with Gasteiger partial charge in [-0.1, -0.05) is 18.9 Å². The molecule has 3 rings (SSSR count). The fourth-order valence-corrected chi connectivity index (χ4v) is 3.84. The Labute approximate surface area is 192 Å². The largest absolute Gasteiger partial charge is 0.477 e. The number of hydrogen-bond acceptors (Lipinski definition) is 4. The maximum Gasteiger partial charge on any atom is 0.213 e. The molecule has 7 heteroatoms. The highest BCUT2D eigenvalue weighted by Gasteiger charge is 2.33. The number of halogens is 1. The smallest absolute Gasteiger partial charge is 0.213 e. The minimum Gasteiger partial charge on any atom is -0.477 e. The molecule has 0 aromatic carbocycles. The van der Waals surface area contributed by atoms with Crippen molar-refractivity contribution in [3.63, 3.8) is 0 Å². The van der Waals surface area contributed by atoms with E-state index < -0.39 is 0 Å². The standard InChI is InChI=1S/C22H36N4O2.HI/c1-3-27-13-12-22(10-4-5-11-22)17-26-21(23-2)25-15-19-8-9-20(24-14-19)28-16-18-6-7-18;/h8-9,14,18H,3-7,10-13,15-17H2,1-2H3,(H2,23,25,26);1H. The van der Waals surface area contributed by atoms with Crippen LogP contribution in [0.15, 0.2) is 23.3 Å². The normalized spacial score (nSPS) is 18.2. The van der Waals surface area contributed by atoms with Crippen LogP contribution in [-0.4, -0.2) is 44.4 Å². The lowest BCUT2D eigenvalue weighted by molar-refractivity contribution is 0.105. The van der Waals surface area contributed by atoms with Gasteiger partial charge in [-0.25, -0.2) is 4.98 Å². The first kappa shape index (κ1) is 24.2. The molecule has 1 aromatic rings. The van der Waals surface area contributed by atoms with Gasteiger partial charge in [-0.15, -0.1) is 24.0 Å². The number of hydrogen-bond donors (Lipinski definition) is 2. The predicted octanol–water partition coefficient (Wildman–Crippen LogP) is 4.14. The van der Waals surface area contributed by atoms with Gasteiger partial charge in [0.1, 0.15) is 0 Å². The zero-order valence-corrected chi connectivity index (χ0v) is 20.2. The number of aromatic nitrogens is 1. The Morgan fingerprint density at radius 3 is 2.66 bits per heavy atom. The Hall–Kier alpha value is -1.09. The van der Waals surface area contributed by atoms with E-state index in [1.54, 1.807) is 0 Å². The highest BCUT2D eigenvalue weighted by Crippen LogP contribution is 2.40. The van der Waals surface area contributed by atoms with Gasteiger partial charge in [0, 0.05) is 45.6 Å². The molecule has 0 atom stereocenters. The van der Waals surface area contributed by atoms with Crippen molar-refractivity contribution in [1.29, 1.82) is 0 Å². The number of guanidine groups is 1. The average Bonchev–Trinajstić information content (AvgIpc) is 3.45. The molecule has 2 aliphatic carbocycles. The fourth-order valence-electron chi connectivity index (χ4n) is 3.84. The van der Waals surface area contributed by atoms with Crippen LogP contribution in [0.3, 0.4) is 0 Å². The van der Waals surface area contributed by atoms with Crippen LogP contribution in [0.4, 0.5) is 0 Å². The molecule has 164 valence electrons. The van der Waals surface area contributed by atoms with Gasteiger partial charge in [-0.05, 0) is 55.9 Å².